The van der Waals surface area contributed by atoms with Crippen molar-refractivity contribution in [1.29, 1.82) is 0 Å². The number of nitrogens with one attached hydrogen (secondary N) is 1. The van der Waals surface area contributed by atoms with Crippen LogP contribution in [0.1, 0.15) is 36.6 Å². The van der Waals surface area contributed by atoms with Crippen LogP contribution in [0.15, 0.2) is 24.8 Å². The third-order valence-electron chi connectivity index (χ3n) is 5.74. The first-order valence-electron chi connectivity index (χ1n) is 9.09. The van der Waals surface area contributed by atoms with Gasteiger partial charge in [-0.25, -0.2) is 4.98 Å². The molecule has 0 amide bonds. The van der Waals surface area contributed by atoms with Crippen molar-refractivity contribution in [2.45, 2.75) is 44.3 Å². The molecule has 1 saturated carbocycles. The van der Waals surface area contributed by atoms with Crippen LogP contribution in [0.3, 0.4) is 0 Å². The predicted molar refractivity (Wildman–Crippen MR) is 93.6 cm³/mol. The molecule has 1 N–H and O–H groups in total. The maximum absolute atomic E-state index is 4.53. The van der Waals surface area contributed by atoms with E-state index in [2.05, 4.69) is 49.7 Å². The molecule has 2 atom stereocenters. The summed E-state index contributed by atoms with van der Waals surface area (Å²) in [5.41, 5.74) is 2.63. The second kappa shape index (κ2) is 6.69. The van der Waals surface area contributed by atoms with E-state index in [0.717, 1.165) is 32.1 Å². The fraction of sp³-hybridized carbons (Fsp3) is 0.667. The van der Waals surface area contributed by atoms with E-state index in [4.69, 9.17) is 0 Å². The smallest absolute Gasteiger partial charge is 0.0945 e. The SMILES string of the molecule is CN1C[C@@H](NCc2ccnn2CC2CCC2)[C@H](c2cncn2C)C1. The van der Waals surface area contributed by atoms with Gasteiger partial charge in [-0.2, -0.15) is 5.10 Å². The van der Waals surface area contributed by atoms with Gasteiger partial charge in [0.2, 0.25) is 0 Å². The first-order valence-corrected chi connectivity index (χ1v) is 9.09. The fourth-order valence-electron chi connectivity index (χ4n) is 4.06. The minimum absolute atomic E-state index is 0.456. The lowest BCUT2D eigenvalue weighted by molar-refractivity contribution is 0.262. The van der Waals surface area contributed by atoms with Gasteiger partial charge in [0.25, 0.3) is 0 Å². The number of aromatic nitrogens is 4. The van der Waals surface area contributed by atoms with Gasteiger partial charge >= 0.3 is 0 Å². The lowest BCUT2D eigenvalue weighted by atomic mass is 9.85. The van der Waals surface area contributed by atoms with Crippen molar-refractivity contribution in [3.05, 3.63) is 36.2 Å². The molecule has 6 nitrogen and oxygen atoms in total. The number of imidazole rings is 1. The molecule has 0 unspecified atom stereocenters. The van der Waals surface area contributed by atoms with Crippen molar-refractivity contribution in [3.63, 3.8) is 0 Å². The van der Waals surface area contributed by atoms with Gasteiger partial charge in [0, 0.05) is 63.3 Å². The first kappa shape index (κ1) is 15.8. The molecule has 24 heavy (non-hydrogen) atoms. The highest BCUT2D eigenvalue weighted by Gasteiger charge is 2.33. The van der Waals surface area contributed by atoms with Crippen LogP contribution in [0.25, 0.3) is 0 Å². The van der Waals surface area contributed by atoms with Crippen LogP contribution >= 0.6 is 0 Å². The molecule has 2 aromatic heterocycles. The van der Waals surface area contributed by atoms with E-state index < -0.39 is 0 Å². The number of likely N-dealkylation sites (N-methyl/N-ethyl adjacent to an activating group) is 1. The number of nitrogens with zero attached hydrogens (tertiary/aromatic N) is 5. The topological polar surface area (TPSA) is 50.9 Å². The number of rotatable bonds is 6. The van der Waals surface area contributed by atoms with Gasteiger partial charge in [-0.15, -0.1) is 0 Å². The maximum atomic E-state index is 4.53. The Hall–Kier alpha value is -1.66. The van der Waals surface area contributed by atoms with E-state index in [1.54, 1.807) is 0 Å². The summed E-state index contributed by atoms with van der Waals surface area (Å²) in [7, 11) is 4.29. The summed E-state index contributed by atoms with van der Waals surface area (Å²) < 4.78 is 4.36. The molecular weight excluding hydrogens is 300 g/mol. The molecule has 2 aliphatic rings. The third kappa shape index (κ3) is 3.13. The summed E-state index contributed by atoms with van der Waals surface area (Å²) in [4.78, 5) is 6.70. The zero-order valence-corrected chi connectivity index (χ0v) is 14.7. The highest BCUT2D eigenvalue weighted by atomic mass is 15.3. The summed E-state index contributed by atoms with van der Waals surface area (Å²) in [5, 5.41) is 8.32. The zero-order valence-electron chi connectivity index (χ0n) is 14.7. The molecule has 0 aromatic carbocycles. The summed E-state index contributed by atoms with van der Waals surface area (Å²) in [6, 6.07) is 2.61. The maximum Gasteiger partial charge on any atom is 0.0945 e. The van der Waals surface area contributed by atoms with E-state index in [-0.39, 0.29) is 0 Å². The summed E-state index contributed by atoms with van der Waals surface area (Å²) >= 11 is 0. The molecule has 0 bridgehead atoms. The molecule has 3 heterocycles. The van der Waals surface area contributed by atoms with Crippen LogP contribution in [0.5, 0.6) is 0 Å². The normalized spacial score (nSPS) is 25.2. The van der Waals surface area contributed by atoms with E-state index >= 15 is 0 Å². The van der Waals surface area contributed by atoms with Gasteiger partial charge < -0.3 is 14.8 Å². The molecule has 6 heteroatoms. The zero-order chi connectivity index (χ0) is 16.5. The average molecular weight is 328 g/mol. The molecule has 2 aromatic rings. The Morgan fingerprint density at radius 1 is 1.25 bits per heavy atom. The molecule has 0 spiro atoms. The highest BCUT2D eigenvalue weighted by Crippen LogP contribution is 2.28. The van der Waals surface area contributed by atoms with Gasteiger partial charge in [0.15, 0.2) is 0 Å². The quantitative estimate of drug-likeness (QED) is 0.875. The molecule has 1 aliphatic carbocycles. The van der Waals surface area contributed by atoms with Gasteiger partial charge in [0.05, 0.1) is 12.0 Å². The Bertz CT molecular complexity index is 671. The predicted octanol–water partition coefficient (Wildman–Crippen LogP) is 1.60. The monoisotopic (exact) mass is 328 g/mol. The lowest BCUT2D eigenvalue weighted by Crippen LogP contribution is -2.36. The molecule has 4 rings (SSSR count). The van der Waals surface area contributed by atoms with Crippen molar-refractivity contribution < 1.29 is 0 Å². The number of hydrogen-bond acceptors (Lipinski definition) is 4. The summed E-state index contributed by atoms with van der Waals surface area (Å²) in [5.74, 6) is 1.33. The standard InChI is InChI=1S/C18H28N6/c1-22-11-16(18-9-19-13-23(18)2)17(12-22)20-8-15-6-7-21-24(15)10-14-4-3-5-14/h6-7,9,13-14,16-17,20H,3-5,8,10-12H2,1-2H3/t16-,17-/m1/s1. The number of hydrogen-bond donors (Lipinski definition) is 1. The molecule has 1 aliphatic heterocycles. The van der Waals surface area contributed by atoms with Crippen molar-refractivity contribution in [3.8, 4) is 0 Å². The van der Waals surface area contributed by atoms with Crippen molar-refractivity contribution in [2.75, 3.05) is 20.1 Å². The van der Waals surface area contributed by atoms with Crippen LogP contribution in [-0.2, 0) is 20.1 Å². The van der Waals surface area contributed by atoms with Gasteiger partial charge in [-0.05, 0) is 31.9 Å². The first-order chi connectivity index (χ1) is 11.7. The largest absolute Gasteiger partial charge is 0.337 e. The van der Waals surface area contributed by atoms with E-state index in [1.165, 1.54) is 30.7 Å². The van der Waals surface area contributed by atoms with Crippen LogP contribution in [-0.4, -0.2) is 50.4 Å². The molecule has 130 valence electrons. The summed E-state index contributed by atoms with van der Waals surface area (Å²) in [6.45, 7) is 4.13. The van der Waals surface area contributed by atoms with Crippen LogP contribution in [0.4, 0.5) is 0 Å². The Balaban J connectivity index is 1.41. The second-order valence-electron chi connectivity index (χ2n) is 7.55. The third-order valence-corrected chi connectivity index (χ3v) is 5.74. The average Bonchev–Trinajstić information content (AvgIpc) is 3.21. The van der Waals surface area contributed by atoms with Crippen molar-refractivity contribution >= 4 is 0 Å². The molecular formula is C18H28N6. The van der Waals surface area contributed by atoms with Gasteiger partial charge in [-0.1, -0.05) is 6.42 Å². The summed E-state index contributed by atoms with van der Waals surface area (Å²) in [6.07, 6.45) is 9.97. The second-order valence-corrected chi connectivity index (χ2v) is 7.55. The molecule has 2 fully saturated rings. The molecule has 0 radical (unpaired) electrons. The Labute approximate surface area is 143 Å². The Morgan fingerprint density at radius 3 is 2.83 bits per heavy atom. The van der Waals surface area contributed by atoms with E-state index in [0.29, 0.717) is 12.0 Å². The lowest BCUT2D eigenvalue weighted by Gasteiger charge is -2.26. The number of likely N-dealkylation sites (tertiary alicyclic amines) is 1. The fourth-order valence-corrected chi connectivity index (χ4v) is 4.06. The van der Waals surface area contributed by atoms with Gasteiger partial charge in [0.1, 0.15) is 0 Å². The van der Waals surface area contributed by atoms with Crippen LogP contribution in [0.2, 0.25) is 0 Å². The van der Waals surface area contributed by atoms with E-state index in [1.807, 2.05) is 18.7 Å². The Morgan fingerprint density at radius 2 is 2.12 bits per heavy atom. The Kier molecular flexibility index (Phi) is 4.41. The van der Waals surface area contributed by atoms with Crippen LogP contribution < -0.4 is 5.32 Å². The van der Waals surface area contributed by atoms with E-state index in [9.17, 15) is 0 Å². The van der Waals surface area contributed by atoms with Gasteiger partial charge in [-0.3, -0.25) is 4.68 Å². The molecule has 1 saturated heterocycles. The van der Waals surface area contributed by atoms with Crippen molar-refractivity contribution in [1.82, 2.24) is 29.5 Å². The van der Waals surface area contributed by atoms with Crippen molar-refractivity contribution in [2.24, 2.45) is 13.0 Å². The van der Waals surface area contributed by atoms with Crippen LogP contribution in [0, 0.1) is 5.92 Å². The number of aryl methyl sites for hydroxylation is 1. The highest BCUT2D eigenvalue weighted by molar-refractivity contribution is 5.14. The minimum Gasteiger partial charge on any atom is -0.337 e. The minimum atomic E-state index is 0.456.